The number of nitrogens with one attached hydrogen (secondary N) is 1. The van der Waals surface area contributed by atoms with Crippen molar-refractivity contribution in [1.29, 1.82) is 0 Å². The van der Waals surface area contributed by atoms with Crippen LogP contribution in [0.15, 0.2) is 54.6 Å². The van der Waals surface area contributed by atoms with Gasteiger partial charge in [0.2, 0.25) is 5.91 Å². The third kappa shape index (κ3) is 3.19. The summed E-state index contributed by atoms with van der Waals surface area (Å²) in [6.07, 6.45) is 0.361. The summed E-state index contributed by atoms with van der Waals surface area (Å²) in [6, 6.07) is 14.1. The molecule has 0 radical (unpaired) electrons. The van der Waals surface area contributed by atoms with Gasteiger partial charge in [-0.1, -0.05) is 49.4 Å². The molecule has 1 heterocycles. The van der Waals surface area contributed by atoms with Crippen LogP contribution in [0.2, 0.25) is 0 Å². The van der Waals surface area contributed by atoms with Crippen molar-refractivity contribution < 1.29 is 19.2 Å². The average molecular weight is 365 g/mol. The number of imide groups is 1. The molecule has 0 spiro atoms. The SMILES string of the molecule is CCC1(c2ccccc2)NC(=O)N(CC(=O)c2ccc(C(N)=O)cc2)C1=O. The number of benzene rings is 2. The van der Waals surface area contributed by atoms with Crippen molar-refractivity contribution >= 4 is 23.6 Å². The van der Waals surface area contributed by atoms with E-state index in [9.17, 15) is 19.2 Å². The number of amides is 4. The van der Waals surface area contributed by atoms with E-state index in [1.165, 1.54) is 24.3 Å². The zero-order valence-electron chi connectivity index (χ0n) is 14.8. The Balaban J connectivity index is 1.83. The van der Waals surface area contributed by atoms with Gasteiger partial charge < -0.3 is 11.1 Å². The normalized spacial score (nSPS) is 19.1. The van der Waals surface area contributed by atoms with E-state index in [-0.39, 0.29) is 17.7 Å². The molecule has 7 heteroatoms. The number of rotatable bonds is 6. The minimum atomic E-state index is -1.17. The first kappa shape index (κ1) is 18.3. The second-order valence-corrected chi connectivity index (χ2v) is 6.31. The van der Waals surface area contributed by atoms with Crippen molar-refractivity contribution in [3.05, 3.63) is 71.3 Å². The minimum absolute atomic E-state index is 0.274. The summed E-state index contributed by atoms with van der Waals surface area (Å²) in [5.41, 5.74) is 5.24. The van der Waals surface area contributed by atoms with Gasteiger partial charge in [-0.15, -0.1) is 0 Å². The fourth-order valence-corrected chi connectivity index (χ4v) is 3.19. The van der Waals surface area contributed by atoms with Crippen LogP contribution in [0.5, 0.6) is 0 Å². The Morgan fingerprint density at radius 1 is 1.00 bits per heavy atom. The zero-order valence-corrected chi connectivity index (χ0v) is 14.8. The van der Waals surface area contributed by atoms with Crippen LogP contribution in [-0.4, -0.2) is 35.1 Å². The van der Waals surface area contributed by atoms with Gasteiger partial charge in [0.1, 0.15) is 5.54 Å². The standard InChI is InChI=1S/C20H19N3O4/c1-2-20(15-6-4-3-5-7-15)18(26)23(19(27)22-20)12-16(24)13-8-10-14(11-9-13)17(21)25/h3-11H,2,12H2,1H3,(H2,21,25)(H,22,27). The van der Waals surface area contributed by atoms with Crippen molar-refractivity contribution in [2.45, 2.75) is 18.9 Å². The molecule has 1 aliphatic rings. The van der Waals surface area contributed by atoms with E-state index < -0.39 is 29.2 Å². The number of primary amides is 1. The van der Waals surface area contributed by atoms with E-state index in [0.717, 1.165) is 4.90 Å². The zero-order chi connectivity index (χ0) is 19.6. The summed E-state index contributed by atoms with van der Waals surface area (Å²) in [5.74, 6) is -1.46. The molecule has 2 aromatic carbocycles. The Hall–Kier alpha value is -3.48. The number of carbonyl (C=O) groups is 4. The molecule has 7 nitrogen and oxygen atoms in total. The van der Waals surface area contributed by atoms with Gasteiger partial charge in [0.25, 0.3) is 5.91 Å². The quantitative estimate of drug-likeness (QED) is 0.601. The smallest absolute Gasteiger partial charge is 0.325 e. The summed E-state index contributed by atoms with van der Waals surface area (Å²) < 4.78 is 0. The minimum Gasteiger partial charge on any atom is -0.366 e. The van der Waals surface area contributed by atoms with Gasteiger partial charge in [-0.2, -0.15) is 0 Å². The van der Waals surface area contributed by atoms with E-state index >= 15 is 0 Å². The molecule has 0 aromatic heterocycles. The molecule has 1 unspecified atom stereocenters. The van der Waals surface area contributed by atoms with Crippen molar-refractivity contribution in [3.8, 4) is 0 Å². The summed E-state index contributed by atoms with van der Waals surface area (Å²) in [5, 5.41) is 2.74. The maximum Gasteiger partial charge on any atom is 0.325 e. The lowest BCUT2D eigenvalue weighted by molar-refractivity contribution is -0.131. The van der Waals surface area contributed by atoms with Crippen LogP contribution >= 0.6 is 0 Å². The largest absolute Gasteiger partial charge is 0.366 e. The topological polar surface area (TPSA) is 110 Å². The molecule has 3 rings (SSSR count). The number of Topliss-reactive ketones (excluding diaryl/α,β-unsaturated/α-hetero) is 1. The van der Waals surface area contributed by atoms with Gasteiger partial charge in [0.15, 0.2) is 5.78 Å². The summed E-state index contributed by atoms with van der Waals surface area (Å²) in [4.78, 5) is 50.0. The molecule has 1 aliphatic heterocycles. The lowest BCUT2D eigenvalue weighted by atomic mass is 9.87. The number of nitrogens with zero attached hydrogens (tertiary/aromatic N) is 1. The molecule has 138 valence electrons. The summed E-state index contributed by atoms with van der Waals surface area (Å²) >= 11 is 0. The maximum atomic E-state index is 13.0. The summed E-state index contributed by atoms with van der Waals surface area (Å²) in [7, 11) is 0. The van der Waals surface area contributed by atoms with E-state index in [1.54, 1.807) is 31.2 Å². The van der Waals surface area contributed by atoms with E-state index in [4.69, 9.17) is 5.73 Å². The first-order valence-electron chi connectivity index (χ1n) is 8.51. The highest BCUT2D eigenvalue weighted by molar-refractivity contribution is 6.11. The fraction of sp³-hybridized carbons (Fsp3) is 0.200. The molecule has 1 atom stereocenters. The highest BCUT2D eigenvalue weighted by Gasteiger charge is 2.51. The van der Waals surface area contributed by atoms with E-state index in [2.05, 4.69) is 5.32 Å². The molecule has 27 heavy (non-hydrogen) atoms. The third-order valence-electron chi connectivity index (χ3n) is 4.77. The monoisotopic (exact) mass is 365 g/mol. The van der Waals surface area contributed by atoms with Gasteiger partial charge in [-0.25, -0.2) is 4.79 Å². The molecular weight excluding hydrogens is 346 g/mol. The summed E-state index contributed by atoms with van der Waals surface area (Å²) in [6.45, 7) is 1.42. The number of ketones is 1. The van der Waals surface area contributed by atoms with Crippen LogP contribution in [0.1, 0.15) is 39.6 Å². The maximum absolute atomic E-state index is 13.0. The Morgan fingerprint density at radius 2 is 1.59 bits per heavy atom. The number of urea groups is 1. The number of hydrogen-bond donors (Lipinski definition) is 2. The number of carbonyl (C=O) groups excluding carboxylic acids is 4. The second-order valence-electron chi connectivity index (χ2n) is 6.31. The lowest BCUT2D eigenvalue weighted by Crippen LogP contribution is -2.43. The third-order valence-corrected chi connectivity index (χ3v) is 4.77. The fourth-order valence-electron chi connectivity index (χ4n) is 3.19. The van der Waals surface area contributed by atoms with Gasteiger partial charge in [0, 0.05) is 11.1 Å². The molecule has 3 N–H and O–H groups in total. The van der Waals surface area contributed by atoms with Crippen molar-refractivity contribution in [2.24, 2.45) is 5.73 Å². The van der Waals surface area contributed by atoms with Crippen LogP contribution in [0.25, 0.3) is 0 Å². The van der Waals surface area contributed by atoms with Crippen LogP contribution in [0, 0.1) is 0 Å². The van der Waals surface area contributed by atoms with Crippen molar-refractivity contribution in [1.82, 2.24) is 10.2 Å². The van der Waals surface area contributed by atoms with Gasteiger partial charge in [-0.05, 0) is 24.1 Å². The number of nitrogens with two attached hydrogens (primary N) is 1. The Kier molecular flexibility index (Phi) is 4.77. The first-order valence-corrected chi connectivity index (χ1v) is 8.51. The molecular formula is C20H19N3O4. The molecule has 1 saturated heterocycles. The van der Waals surface area contributed by atoms with Gasteiger partial charge in [-0.3, -0.25) is 19.3 Å². The predicted octanol–water partition coefficient (Wildman–Crippen LogP) is 1.83. The molecule has 0 bridgehead atoms. The second kappa shape index (κ2) is 7.03. The molecule has 0 aliphatic carbocycles. The van der Waals surface area contributed by atoms with Crippen molar-refractivity contribution in [3.63, 3.8) is 0 Å². The lowest BCUT2D eigenvalue weighted by Gasteiger charge is -2.25. The van der Waals surface area contributed by atoms with Crippen LogP contribution in [-0.2, 0) is 10.3 Å². The van der Waals surface area contributed by atoms with Gasteiger partial charge >= 0.3 is 6.03 Å². The van der Waals surface area contributed by atoms with Gasteiger partial charge in [0.05, 0.1) is 6.54 Å². The molecule has 0 saturated carbocycles. The molecule has 2 aromatic rings. The van der Waals surface area contributed by atoms with Crippen molar-refractivity contribution in [2.75, 3.05) is 6.54 Å². The molecule has 4 amide bonds. The van der Waals surface area contributed by atoms with Crippen LogP contribution in [0.4, 0.5) is 4.79 Å². The predicted molar refractivity (Wildman–Crippen MR) is 97.9 cm³/mol. The van der Waals surface area contributed by atoms with Crippen LogP contribution in [0.3, 0.4) is 0 Å². The first-order chi connectivity index (χ1) is 12.9. The Bertz CT molecular complexity index is 909. The highest BCUT2D eigenvalue weighted by Crippen LogP contribution is 2.32. The molecule has 1 fully saturated rings. The Labute approximate surface area is 156 Å². The average Bonchev–Trinajstić information content (AvgIpc) is 2.93. The van der Waals surface area contributed by atoms with Crippen LogP contribution < -0.4 is 11.1 Å². The Morgan fingerprint density at radius 3 is 2.15 bits per heavy atom. The van der Waals surface area contributed by atoms with E-state index in [0.29, 0.717) is 12.0 Å². The number of hydrogen-bond acceptors (Lipinski definition) is 4. The van der Waals surface area contributed by atoms with E-state index in [1.807, 2.05) is 6.07 Å². The highest BCUT2D eigenvalue weighted by atomic mass is 16.2.